The molecule has 0 unspecified atom stereocenters. The maximum absolute atomic E-state index is 10.7. The summed E-state index contributed by atoms with van der Waals surface area (Å²) in [5.41, 5.74) is 5.04. The lowest BCUT2D eigenvalue weighted by Gasteiger charge is -2.07. The average Bonchev–Trinajstić information content (AvgIpc) is 2.92. The van der Waals surface area contributed by atoms with Gasteiger partial charge in [-0.1, -0.05) is 55.5 Å². The van der Waals surface area contributed by atoms with Crippen LogP contribution in [-0.2, 0) is 6.42 Å². The molecule has 0 saturated carbocycles. The van der Waals surface area contributed by atoms with E-state index < -0.39 is 0 Å². The third kappa shape index (κ3) is 2.70. The highest BCUT2D eigenvalue weighted by Crippen LogP contribution is 2.46. The molecule has 0 bridgehead atoms. The van der Waals surface area contributed by atoms with Gasteiger partial charge in [-0.2, -0.15) is 0 Å². The summed E-state index contributed by atoms with van der Waals surface area (Å²) in [4.78, 5) is 0. The van der Waals surface area contributed by atoms with Crippen LogP contribution >= 0.6 is 0 Å². The zero-order chi connectivity index (χ0) is 16.4. The van der Waals surface area contributed by atoms with Gasteiger partial charge in [-0.05, 0) is 30.0 Å². The number of benzene rings is 2. The van der Waals surface area contributed by atoms with E-state index in [0.29, 0.717) is 17.2 Å². The molecule has 0 spiro atoms. The minimum atomic E-state index is 0.171. The molecule has 118 valence electrons. The largest absolute Gasteiger partial charge is 0.504 e. The molecule has 0 radical (unpaired) electrons. The van der Waals surface area contributed by atoms with Crippen molar-refractivity contribution >= 4 is 5.88 Å². The van der Waals surface area contributed by atoms with Gasteiger partial charge in [-0.25, -0.2) is 0 Å². The molecule has 2 aromatic carbocycles. The van der Waals surface area contributed by atoms with Crippen LogP contribution in [0.1, 0.15) is 18.1 Å². The molecule has 1 heterocycles. The van der Waals surface area contributed by atoms with Crippen molar-refractivity contribution in [3.8, 4) is 28.2 Å². The number of hydrogen-bond donors (Lipinski definition) is 2. The van der Waals surface area contributed by atoms with Crippen LogP contribution < -0.4 is 5.32 Å². The second kappa shape index (κ2) is 6.21. The number of hydrogen-bond acceptors (Lipinski definition) is 3. The van der Waals surface area contributed by atoms with Gasteiger partial charge < -0.3 is 14.8 Å². The van der Waals surface area contributed by atoms with E-state index in [1.165, 1.54) is 11.1 Å². The topological polar surface area (TPSA) is 45.4 Å². The Morgan fingerprint density at radius 1 is 1.04 bits per heavy atom. The normalized spacial score (nSPS) is 10.7. The predicted octanol–water partition coefficient (Wildman–Crippen LogP) is 5.23. The van der Waals surface area contributed by atoms with Crippen LogP contribution in [-0.4, -0.2) is 12.2 Å². The summed E-state index contributed by atoms with van der Waals surface area (Å²) in [6, 6.07) is 15.9. The summed E-state index contributed by atoms with van der Waals surface area (Å²) in [5, 5.41) is 13.8. The number of furan rings is 1. The smallest absolute Gasteiger partial charge is 0.205 e. The monoisotopic (exact) mass is 307 g/mol. The van der Waals surface area contributed by atoms with E-state index in [-0.39, 0.29) is 5.75 Å². The van der Waals surface area contributed by atoms with Crippen LogP contribution in [0.4, 0.5) is 5.88 Å². The summed E-state index contributed by atoms with van der Waals surface area (Å²) < 4.78 is 5.87. The molecule has 2 N–H and O–H groups in total. The SMILES string of the molecule is CCc1ccc(-c2c(NC)oc(-c3ccccc3)c2O)cc1C. The van der Waals surface area contributed by atoms with Crippen molar-refractivity contribution in [1.82, 2.24) is 0 Å². The molecule has 0 aliphatic heterocycles. The van der Waals surface area contributed by atoms with Crippen molar-refractivity contribution in [3.05, 3.63) is 59.7 Å². The standard InChI is InChI=1S/C20H21NO2/c1-4-14-10-11-16(12-13(14)2)17-18(22)19(23-20(17)21-3)15-8-6-5-7-9-15/h5-12,21-22H,4H2,1-3H3. The Morgan fingerprint density at radius 3 is 2.39 bits per heavy atom. The number of rotatable bonds is 4. The molecular weight excluding hydrogens is 286 g/mol. The van der Waals surface area contributed by atoms with Crippen LogP contribution in [0.2, 0.25) is 0 Å². The number of nitrogens with one attached hydrogen (secondary N) is 1. The fraction of sp³-hybridized carbons (Fsp3) is 0.200. The van der Waals surface area contributed by atoms with Crippen molar-refractivity contribution in [2.24, 2.45) is 0 Å². The highest BCUT2D eigenvalue weighted by Gasteiger charge is 2.22. The van der Waals surface area contributed by atoms with Gasteiger partial charge in [-0.3, -0.25) is 0 Å². The Morgan fingerprint density at radius 2 is 1.78 bits per heavy atom. The van der Waals surface area contributed by atoms with E-state index in [0.717, 1.165) is 17.5 Å². The second-order valence-electron chi connectivity index (χ2n) is 5.59. The molecule has 3 heteroatoms. The fourth-order valence-corrected chi connectivity index (χ4v) is 2.90. The fourth-order valence-electron chi connectivity index (χ4n) is 2.90. The third-order valence-electron chi connectivity index (χ3n) is 4.16. The molecule has 0 fully saturated rings. The highest BCUT2D eigenvalue weighted by atomic mass is 16.4. The van der Waals surface area contributed by atoms with Crippen molar-refractivity contribution in [2.75, 3.05) is 12.4 Å². The first-order valence-electron chi connectivity index (χ1n) is 7.84. The molecule has 0 atom stereocenters. The number of anilines is 1. The zero-order valence-corrected chi connectivity index (χ0v) is 13.7. The molecule has 0 amide bonds. The molecule has 0 aliphatic rings. The van der Waals surface area contributed by atoms with Gasteiger partial charge in [0, 0.05) is 12.6 Å². The van der Waals surface area contributed by atoms with Gasteiger partial charge in [0.05, 0.1) is 5.56 Å². The summed E-state index contributed by atoms with van der Waals surface area (Å²) in [6.07, 6.45) is 0.998. The Kier molecular flexibility index (Phi) is 4.11. The molecule has 1 aromatic heterocycles. The summed E-state index contributed by atoms with van der Waals surface area (Å²) in [5.74, 6) is 1.23. The first kappa shape index (κ1) is 15.2. The van der Waals surface area contributed by atoms with E-state index >= 15 is 0 Å². The summed E-state index contributed by atoms with van der Waals surface area (Å²) in [7, 11) is 1.80. The van der Waals surface area contributed by atoms with Gasteiger partial charge in [-0.15, -0.1) is 0 Å². The van der Waals surface area contributed by atoms with Gasteiger partial charge in [0.25, 0.3) is 0 Å². The van der Waals surface area contributed by atoms with Crippen molar-refractivity contribution in [1.29, 1.82) is 0 Å². The minimum absolute atomic E-state index is 0.171. The van der Waals surface area contributed by atoms with Crippen LogP contribution in [0.15, 0.2) is 52.9 Å². The highest BCUT2D eigenvalue weighted by molar-refractivity contribution is 5.87. The third-order valence-corrected chi connectivity index (χ3v) is 4.16. The van der Waals surface area contributed by atoms with Crippen LogP contribution in [0.3, 0.4) is 0 Å². The molecule has 0 aliphatic carbocycles. The van der Waals surface area contributed by atoms with Crippen LogP contribution in [0.5, 0.6) is 5.75 Å². The van der Waals surface area contributed by atoms with Crippen molar-refractivity contribution < 1.29 is 9.52 Å². The Bertz CT molecular complexity index is 819. The first-order chi connectivity index (χ1) is 11.2. The lowest BCUT2D eigenvalue weighted by atomic mass is 9.98. The number of aromatic hydroxyl groups is 1. The lowest BCUT2D eigenvalue weighted by Crippen LogP contribution is -1.90. The van der Waals surface area contributed by atoms with E-state index in [2.05, 4.69) is 31.3 Å². The molecule has 23 heavy (non-hydrogen) atoms. The quantitative estimate of drug-likeness (QED) is 0.693. The number of aryl methyl sites for hydroxylation is 2. The Hall–Kier alpha value is -2.68. The van der Waals surface area contributed by atoms with Crippen molar-refractivity contribution in [2.45, 2.75) is 20.3 Å². The van der Waals surface area contributed by atoms with Gasteiger partial charge in [0.1, 0.15) is 0 Å². The van der Waals surface area contributed by atoms with E-state index in [9.17, 15) is 5.11 Å². The van der Waals surface area contributed by atoms with Crippen LogP contribution in [0.25, 0.3) is 22.5 Å². The van der Waals surface area contributed by atoms with Gasteiger partial charge in [0.15, 0.2) is 11.5 Å². The van der Waals surface area contributed by atoms with Crippen molar-refractivity contribution in [3.63, 3.8) is 0 Å². The Labute approximate surface area is 136 Å². The van der Waals surface area contributed by atoms with E-state index in [1.54, 1.807) is 7.05 Å². The second-order valence-corrected chi connectivity index (χ2v) is 5.59. The zero-order valence-electron chi connectivity index (χ0n) is 13.7. The first-order valence-corrected chi connectivity index (χ1v) is 7.84. The maximum Gasteiger partial charge on any atom is 0.205 e. The average molecular weight is 307 g/mol. The minimum Gasteiger partial charge on any atom is -0.504 e. The van der Waals surface area contributed by atoms with Gasteiger partial charge >= 0.3 is 0 Å². The maximum atomic E-state index is 10.7. The van der Waals surface area contributed by atoms with E-state index in [4.69, 9.17) is 4.42 Å². The summed E-state index contributed by atoms with van der Waals surface area (Å²) in [6.45, 7) is 4.24. The lowest BCUT2D eigenvalue weighted by molar-refractivity contribution is 0.467. The summed E-state index contributed by atoms with van der Waals surface area (Å²) >= 11 is 0. The van der Waals surface area contributed by atoms with Gasteiger partial charge in [0.2, 0.25) is 5.88 Å². The Balaban J connectivity index is 2.16. The van der Waals surface area contributed by atoms with E-state index in [1.807, 2.05) is 36.4 Å². The molecule has 0 saturated heterocycles. The molecule has 3 aromatic rings. The molecule has 3 nitrogen and oxygen atoms in total. The van der Waals surface area contributed by atoms with Crippen LogP contribution in [0, 0.1) is 6.92 Å². The molecular formula is C20H21NO2. The predicted molar refractivity (Wildman–Crippen MR) is 94.9 cm³/mol. The molecule has 3 rings (SSSR count).